The van der Waals surface area contributed by atoms with Crippen molar-refractivity contribution in [1.29, 1.82) is 0 Å². The van der Waals surface area contributed by atoms with Gasteiger partial charge in [0.25, 0.3) is 0 Å². The Labute approximate surface area is 157 Å². The summed E-state index contributed by atoms with van der Waals surface area (Å²) in [6.45, 7) is 3.68. The van der Waals surface area contributed by atoms with E-state index in [1.807, 2.05) is 26.0 Å². The van der Waals surface area contributed by atoms with E-state index in [0.29, 0.717) is 29.0 Å². The van der Waals surface area contributed by atoms with E-state index in [1.54, 1.807) is 26.2 Å². The van der Waals surface area contributed by atoms with Gasteiger partial charge in [0.1, 0.15) is 11.9 Å². The first-order valence-electron chi connectivity index (χ1n) is 8.70. The summed E-state index contributed by atoms with van der Waals surface area (Å²) in [6.07, 6.45) is 0.295. The standard InChI is InChI=1S/C20H23FN4O2/c1-11-7-15(21)14-10-18(23-17(14)8-11)19(26)24-16-9-13(6-5-12(16)2)22-20(27)25(3)4/h5-9,18,23H,10H2,1-4H3,(H,22,27)(H,24,26). The first-order valence-corrected chi connectivity index (χ1v) is 8.70. The maximum atomic E-state index is 14.1. The molecule has 0 spiro atoms. The molecule has 0 fully saturated rings. The fraction of sp³-hybridized carbons (Fsp3) is 0.300. The van der Waals surface area contributed by atoms with E-state index in [2.05, 4.69) is 16.0 Å². The van der Waals surface area contributed by atoms with Crippen LogP contribution >= 0.6 is 0 Å². The van der Waals surface area contributed by atoms with E-state index in [4.69, 9.17) is 0 Å². The summed E-state index contributed by atoms with van der Waals surface area (Å²) >= 11 is 0. The number of nitrogens with one attached hydrogen (secondary N) is 3. The van der Waals surface area contributed by atoms with E-state index in [-0.39, 0.29) is 17.8 Å². The van der Waals surface area contributed by atoms with Crippen molar-refractivity contribution in [2.75, 3.05) is 30.0 Å². The quantitative estimate of drug-likeness (QED) is 0.774. The third kappa shape index (κ3) is 4.02. The predicted octanol–water partition coefficient (Wildman–Crippen LogP) is 3.51. The largest absolute Gasteiger partial charge is 0.373 e. The van der Waals surface area contributed by atoms with Gasteiger partial charge >= 0.3 is 6.03 Å². The van der Waals surface area contributed by atoms with Crippen LogP contribution in [0.3, 0.4) is 0 Å². The smallest absolute Gasteiger partial charge is 0.321 e. The van der Waals surface area contributed by atoms with E-state index in [9.17, 15) is 14.0 Å². The number of halogens is 1. The van der Waals surface area contributed by atoms with Gasteiger partial charge in [-0.3, -0.25) is 4.79 Å². The summed E-state index contributed by atoms with van der Waals surface area (Å²) in [4.78, 5) is 25.9. The number of aryl methyl sites for hydroxylation is 2. The van der Waals surface area contributed by atoms with Crippen LogP contribution in [0.5, 0.6) is 0 Å². The number of carbonyl (C=O) groups excluding carboxylic acids is 2. The molecule has 0 bridgehead atoms. The third-order valence-corrected chi connectivity index (χ3v) is 4.55. The normalized spacial score (nSPS) is 14.9. The Morgan fingerprint density at radius 1 is 1.15 bits per heavy atom. The zero-order valence-electron chi connectivity index (χ0n) is 15.8. The molecule has 1 aliphatic heterocycles. The zero-order valence-corrected chi connectivity index (χ0v) is 15.8. The van der Waals surface area contributed by atoms with Gasteiger partial charge in [0.2, 0.25) is 5.91 Å². The number of fused-ring (bicyclic) bond motifs is 1. The molecule has 1 atom stereocenters. The highest BCUT2D eigenvalue weighted by Crippen LogP contribution is 2.30. The van der Waals surface area contributed by atoms with Gasteiger partial charge in [-0.15, -0.1) is 0 Å². The number of rotatable bonds is 3. The highest BCUT2D eigenvalue weighted by atomic mass is 19.1. The van der Waals surface area contributed by atoms with Gasteiger partial charge in [0.15, 0.2) is 0 Å². The van der Waals surface area contributed by atoms with E-state index in [1.165, 1.54) is 11.0 Å². The van der Waals surface area contributed by atoms with Crippen molar-refractivity contribution in [3.63, 3.8) is 0 Å². The van der Waals surface area contributed by atoms with Crippen LogP contribution in [0, 0.1) is 19.7 Å². The molecule has 7 heteroatoms. The first-order chi connectivity index (χ1) is 12.7. The maximum absolute atomic E-state index is 14.1. The van der Waals surface area contributed by atoms with Crippen LogP contribution in [0.4, 0.5) is 26.2 Å². The summed E-state index contributed by atoms with van der Waals surface area (Å²) in [7, 11) is 3.30. The Kier molecular flexibility index (Phi) is 5.03. The van der Waals surface area contributed by atoms with Crippen LogP contribution in [0.25, 0.3) is 0 Å². The molecule has 0 radical (unpaired) electrons. The van der Waals surface area contributed by atoms with Crippen molar-refractivity contribution >= 4 is 29.0 Å². The molecule has 6 nitrogen and oxygen atoms in total. The van der Waals surface area contributed by atoms with Gasteiger partial charge in [-0.05, 0) is 49.2 Å². The van der Waals surface area contributed by atoms with Crippen molar-refractivity contribution in [3.05, 3.63) is 52.8 Å². The molecule has 0 saturated heterocycles. The van der Waals surface area contributed by atoms with Gasteiger partial charge in [0, 0.05) is 43.1 Å². The van der Waals surface area contributed by atoms with Crippen LogP contribution in [0.15, 0.2) is 30.3 Å². The molecular formula is C20H23FN4O2. The van der Waals surface area contributed by atoms with Crippen molar-refractivity contribution in [2.24, 2.45) is 0 Å². The summed E-state index contributed by atoms with van der Waals surface area (Å²) in [5, 5.41) is 8.71. The second kappa shape index (κ2) is 7.26. The number of benzene rings is 2. The molecule has 27 heavy (non-hydrogen) atoms. The van der Waals surface area contributed by atoms with Gasteiger partial charge in [-0.1, -0.05) is 6.07 Å². The highest BCUT2D eigenvalue weighted by molar-refractivity contribution is 5.99. The summed E-state index contributed by atoms with van der Waals surface area (Å²) < 4.78 is 14.1. The van der Waals surface area contributed by atoms with E-state index < -0.39 is 6.04 Å². The summed E-state index contributed by atoms with van der Waals surface area (Å²) in [5.41, 5.74) is 4.05. The number of hydrogen-bond donors (Lipinski definition) is 3. The highest BCUT2D eigenvalue weighted by Gasteiger charge is 2.29. The first kappa shape index (κ1) is 18.7. The van der Waals surface area contributed by atoms with Crippen LogP contribution in [0.1, 0.15) is 16.7 Å². The third-order valence-electron chi connectivity index (χ3n) is 4.55. The number of anilines is 3. The minimum atomic E-state index is -0.546. The lowest BCUT2D eigenvalue weighted by atomic mass is 10.1. The summed E-state index contributed by atoms with van der Waals surface area (Å²) in [5.74, 6) is -0.542. The van der Waals surface area contributed by atoms with Crippen molar-refractivity contribution in [3.8, 4) is 0 Å². The Hall–Kier alpha value is -3.09. The minimum Gasteiger partial charge on any atom is -0.373 e. The maximum Gasteiger partial charge on any atom is 0.321 e. The molecule has 0 saturated carbocycles. The fourth-order valence-corrected chi connectivity index (χ4v) is 3.00. The predicted molar refractivity (Wildman–Crippen MR) is 105 cm³/mol. The topological polar surface area (TPSA) is 73.5 Å². The second-order valence-electron chi connectivity index (χ2n) is 7.02. The molecule has 3 amide bonds. The Morgan fingerprint density at radius 3 is 2.59 bits per heavy atom. The number of hydrogen-bond acceptors (Lipinski definition) is 3. The van der Waals surface area contributed by atoms with Crippen molar-refractivity contribution in [2.45, 2.75) is 26.3 Å². The average molecular weight is 370 g/mol. The molecule has 1 heterocycles. The van der Waals surface area contributed by atoms with Crippen LogP contribution in [0.2, 0.25) is 0 Å². The van der Waals surface area contributed by atoms with Crippen molar-refractivity contribution in [1.82, 2.24) is 4.90 Å². The van der Waals surface area contributed by atoms with Gasteiger partial charge in [0.05, 0.1) is 0 Å². The lowest BCUT2D eigenvalue weighted by Gasteiger charge is -2.16. The molecule has 2 aromatic carbocycles. The molecule has 1 aliphatic rings. The Bertz CT molecular complexity index is 911. The lowest BCUT2D eigenvalue weighted by Crippen LogP contribution is -2.33. The average Bonchev–Trinajstić information content (AvgIpc) is 3.02. The van der Waals surface area contributed by atoms with E-state index in [0.717, 1.165) is 11.1 Å². The molecule has 0 aliphatic carbocycles. The molecule has 3 rings (SSSR count). The van der Waals surface area contributed by atoms with Crippen molar-refractivity contribution < 1.29 is 14.0 Å². The van der Waals surface area contributed by atoms with Crippen LogP contribution in [-0.4, -0.2) is 37.0 Å². The van der Waals surface area contributed by atoms with Gasteiger partial charge in [-0.2, -0.15) is 0 Å². The molecule has 1 unspecified atom stereocenters. The second-order valence-corrected chi connectivity index (χ2v) is 7.02. The fourth-order valence-electron chi connectivity index (χ4n) is 3.00. The van der Waals surface area contributed by atoms with Crippen LogP contribution in [-0.2, 0) is 11.2 Å². The SMILES string of the molecule is Cc1cc(F)c2c(c1)NC(C(=O)Nc1cc(NC(=O)N(C)C)ccc1C)C2. The zero-order chi connectivity index (χ0) is 19.7. The van der Waals surface area contributed by atoms with Crippen LogP contribution < -0.4 is 16.0 Å². The van der Waals surface area contributed by atoms with Gasteiger partial charge in [-0.25, -0.2) is 9.18 Å². The van der Waals surface area contributed by atoms with E-state index >= 15 is 0 Å². The number of amides is 3. The number of nitrogens with zero attached hydrogens (tertiary/aromatic N) is 1. The Morgan fingerprint density at radius 2 is 1.89 bits per heavy atom. The molecule has 142 valence electrons. The molecule has 2 aromatic rings. The number of carbonyl (C=O) groups is 2. The van der Waals surface area contributed by atoms with Gasteiger partial charge < -0.3 is 20.9 Å². The molecular weight excluding hydrogens is 347 g/mol. The molecule has 0 aromatic heterocycles. The minimum absolute atomic E-state index is 0.248. The molecule has 3 N–H and O–H groups in total. The number of urea groups is 1. The lowest BCUT2D eigenvalue weighted by molar-refractivity contribution is -0.116. The monoisotopic (exact) mass is 370 g/mol. The Balaban J connectivity index is 1.73. The summed E-state index contributed by atoms with van der Waals surface area (Å²) in [6, 6.07) is 7.82.